The van der Waals surface area contributed by atoms with E-state index in [0.717, 1.165) is 12.8 Å². The highest BCUT2D eigenvalue weighted by atomic mass is 16.1. The number of carbonyl (C=O) groups is 2. The van der Waals surface area contributed by atoms with Crippen molar-refractivity contribution in [2.24, 2.45) is 5.41 Å². The molecule has 0 aromatic heterocycles. The maximum absolute atomic E-state index is 11.2. The second-order valence-electron chi connectivity index (χ2n) is 4.85. The zero-order valence-corrected chi connectivity index (χ0v) is 9.77. The van der Waals surface area contributed by atoms with Gasteiger partial charge in [-0.25, -0.2) is 0 Å². The molecule has 86 valence electrons. The fraction of sp³-hybridized carbons (Fsp3) is 0.833. The summed E-state index contributed by atoms with van der Waals surface area (Å²) in [6.45, 7) is 3.84. The fourth-order valence-corrected chi connectivity index (χ4v) is 2.56. The van der Waals surface area contributed by atoms with Gasteiger partial charge in [-0.05, 0) is 25.2 Å². The molecule has 0 heterocycles. The molecule has 0 bridgehead atoms. The zero-order valence-electron chi connectivity index (χ0n) is 9.77. The first-order valence-corrected chi connectivity index (χ1v) is 5.78. The molecule has 1 aliphatic carbocycles. The van der Waals surface area contributed by atoms with Crippen molar-refractivity contribution >= 4 is 11.7 Å². The number of hydrogen-bond acceptors (Lipinski definition) is 2. The quantitative estimate of drug-likeness (QED) is 0.773. The van der Waals surface area contributed by atoms with Crippen molar-refractivity contribution in [3.8, 4) is 0 Å². The Morgan fingerprint density at radius 1 is 1.13 bits per heavy atom. The number of ketones is 1. The van der Waals surface area contributed by atoms with Crippen LogP contribution in [-0.4, -0.2) is 18.2 Å². The molecule has 0 aliphatic heterocycles. The van der Waals surface area contributed by atoms with Crippen molar-refractivity contribution in [1.82, 2.24) is 5.32 Å². The molecule has 15 heavy (non-hydrogen) atoms. The third kappa shape index (κ3) is 4.02. The van der Waals surface area contributed by atoms with E-state index in [1.165, 1.54) is 26.2 Å². The van der Waals surface area contributed by atoms with Gasteiger partial charge in [0, 0.05) is 19.9 Å². The molecular formula is C12H21NO2. The third-order valence-corrected chi connectivity index (χ3v) is 3.25. The Bertz CT molecular complexity index is 242. The second kappa shape index (κ2) is 5.29. The Hall–Kier alpha value is -0.860. The van der Waals surface area contributed by atoms with Crippen LogP contribution in [0.5, 0.6) is 0 Å². The average molecular weight is 211 g/mol. The van der Waals surface area contributed by atoms with Crippen LogP contribution in [0.3, 0.4) is 0 Å². The molecular weight excluding hydrogens is 190 g/mol. The molecule has 0 saturated heterocycles. The van der Waals surface area contributed by atoms with Gasteiger partial charge >= 0.3 is 0 Å². The van der Waals surface area contributed by atoms with E-state index >= 15 is 0 Å². The topological polar surface area (TPSA) is 46.2 Å². The number of carbonyl (C=O) groups excluding carboxylic acids is 2. The lowest BCUT2D eigenvalue weighted by atomic mass is 9.71. The van der Waals surface area contributed by atoms with Gasteiger partial charge in [-0.3, -0.25) is 4.79 Å². The van der Waals surface area contributed by atoms with Crippen LogP contribution in [0.2, 0.25) is 0 Å². The summed E-state index contributed by atoms with van der Waals surface area (Å²) in [4.78, 5) is 22.2. The maximum Gasteiger partial charge on any atom is 0.216 e. The van der Waals surface area contributed by atoms with E-state index in [-0.39, 0.29) is 17.1 Å². The number of Topliss-reactive ketones (excluding diaryl/α,β-unsaturated/α-hetero) is 1. The maximum atomic E-state index is 11.2. The minimum Gasteiger partial charge on any atom is -0.356 e. The summed E-state index contributed by atoms with van der Waals surface area (Å²) in [6.07, 6.45) is 6.41. The summed E-state index contributed by atoms with van der Waals surface area (Å²) in [7, 11) is 0. The monoisotopic (exact) mass is 211 g/mol. The Balaban J connectivity index is 2.57. The van der Waals surface area contributed by atoms with Gasteiger partial charge in [0.25, 0.3) is 0 Å². The standard InChI is InChI=1S/C12H21NO2/c1-10(14)8-12(9-13-11(2)15)6-4-3-5-7-12/h3-9H2,1-2H3,(H,13,15). The van der Waals surface area contributed by atoms with Gasteiger partial charge in [0.05, 0.1) is 0 Å². The first kappa shape index (κ1) is 12.2. The molecule has 3 nitrogen and oxygen atoms in total. The van der Waals surface area contributed by atoms with E-state index in [1.807, 2.05) is 0 Å². The predicted molar refractivity (Wildman–Crippen MR) is 59.5 cm³/mol. The molecule has 0 spiro atoms. The van der Waals surface area contributed by atoms with Gasteiger partial charge in [0.2, 0.25) is 5.91 Å². The van der Waals surface area contributed by atoms with Crippen LogP contribution >= 0.6 is 0 Å². The van der Waals surface area contributed by atoms with Gasteiger partial charge in [-0.1, -0.05) is 19.3 Å². The predicted octanol–water partition coefficient (Wildman–Crippen LogP) is 2.05. The molecule has 0 atom stereocenters. The largest absolute Gasteiger partial charge is 0.356 e. The Morgan fingerprint density at radius 3 is 2.20 bits per heavy atom. The van der Waals surface area contributed by atoms with Crippen molar-refractivity contribution < 1.29 is 9.59 Å². The summed E-state index contributed by atoms with van der Waals surface area (Å²) in [5, 5.41) is 2.87. The van der Waals surface area contributed by atoms with E-state index < -0.39 is 0 Å². The number of nitrogens with one attached hydrogen (secondary N) is 1. The van der Waals surface area contributed by atoms with Crippen molar-refractivity contribution in [1.29, 1.82) is 0 Å². The van der Waals surface area contributed by atoms with Gasteiger partial charge in [-0.15, -0.1) is 0 Å². The lowest BCUT2D eigenvalue weighted by Crippen LogP contribution is -2.39. The molecule has 1 aliphatic rings. The van der Waals surface area contributed by atoms with Gasteiger partial charge < -0.3 is 10.1 Å². The van der Waals surface area contributed by atoms with Gasteiger partial charge in [-0.2, -0.15) is 0 Å². The smallest absolute Gasteiger partial charge is 0.216 e. The molecule has 1 N–H and O–H groups in total. The van der Waals surface area contributed by atoms with Crippen LogP contribution in [-0.2, 0) is 9.59 Å². The van der Waals surface area contributed by atoms with E-state index in [0.29, 0.717) is 13.0 Å². The first-order valence-electron chi connectivity index (χ1n) is 5.78. The van der Waals surface area contributed by atoms with Crippen molar-refractivity contribution in [3.63, 3.8) is 0 Å². The Kier molecular flexibility index (Phi) is 4.30. The van der Waals surface area contributed by atoms with Crippen molar-refractivity contribution in [2.45, 2.75) is 52.4 Å². The lowest BCUT2D eigenvalue weighted by molar-refractivity contribution is -0.122. The van der Waals surface area contributed by atoms with Gasteiger partial charge in [0.1, 0.15) is 5.78 Å². The molecule has 1 rings (SSSR count). The summed E-state index contributed by atoms with van der Waals surface area (Å²) in [5.74, 6) is 0.241. The fourth-order valence-electron chi connectivity index (χ4n) is 2.56. The number of hydrogen-bond donors (Lipinski definition) is 1. The van der Waals surface area contributed by atoms with Crippen LogP contribution in [0.25, 0.3) is 0 Å². The summed E-state index contributed by atoms with van der Waals surface area (Å²) in [6, 6.07) is 0. The van der Waals surface area contributed by atoms with Crippen LogP contribution in [0.15, 0.2) is 0 Å². The zero-order chi connectivity index (χ0) is 11.3. The SMILES string of the molecule is CC(=O)CC1(CNC(C)=O)CCCCC1. The van der Waals surface area contributed by atoms with Crippen LogP contribution in [0.4, 0.5) is 0 Å². The highest BCUT2D eigenvalue weighted by molar-refractivity contribution is 5.76. The summed E-state index contributed by atoms with van der Waals surface area (Å²) < 4.78 is 0. The molecule has 0 aromatic rings. The van der Waals surface area contributed by atoms with Crippen LogP contribution < -0.4 is 5.32 Å². The third-order valence-electron chi connectivity index (χ3n) is 3.25. The molecule has 1 amide bonds. The molecule has 1 fully saturated rings. The lowest BCUT2D eigenvalue weighted by Gasteiger charge is -2.36. The van der Waals surface area contributed by atoms with Crippen LogP contribution in [0, 0.1) is 5.41 Å². The van der Waals surface area contributed by atoms with Crippen molar-refractivity contribution in [2.75, 3.05) is 6.54 Å². The summed E-state index contributed by atoms with van der Waals surface area (Å²) >= 11 is 0. The average Bonchev–Trinajstić information content (AvgIpc) is 2.15. The highest BCUT2D eigenvalue weighted by Crippen LogP contribution is 2.38. The minimum atomic E-state index is 0.00324. The van der Waals surface area contributed by atoms with Crippen LogP contribution in [0.1, 0.15) is 52.4 Å². The molecule has 3 heteroatoms. The second-order valence-corrected chi connectivity index (χ2v) is 4.85. The molecule has 0 radical (unpaired) electrons. The summed E-state index contributed by atoms with van der Waals surface area (Å²) in [5.41, 5.74) is 0.0513. The highest BCUT2D eigenvalue weighted by Gasteiger charge is 2.33. The Labute approximate surface area is 91.6 Å². The first-order chi connectivity index (χ1) is 7.04. The number of amides is 1. The Morgan fingerprint density at radius 2 is 1.73 bits per heavy atom. The van der Waals surface area contributed by atoms with E-state index in [4.69, 9.17) is 0 Å². The van der Waals surface area contributed by atoms with E-state index in [9.17, 15) is 9.59 Å². The molecule has 1 saturated carbocycles. The van der Waals surface area contributed by atoms with E-state index in [2.05, 4.69) is 5.32 Å². The normalized spacial score (nSPS) is 19.6. The van der Waals surface area contributed by atoms with Gasteiger partial charge in [0.15, 0.2) is 0 Å². The van der Waals surface area contributed by atoms with E-state index in [1.54, 1.807) is 6.92 Å². The molecule has 0 unspecified atom stereocenters. The molecule has 0 aromatic carbocycles. The number of rotatable bonds is 4. The minimum absolute atomic E-state index is 0.00324. The van der Waals surface area contributed by atoms with Crippen molar-refractivity contribution in [3.05, 3.63) is 0 Å².